The molecule has 0 bridgehead atoms. The van der Waals surface area contributed by atoms with Gasteiger partial charge in [-0.3, -0.25) is 0 Å². The number of likely N-dealkylation sites (N-methyl/N-ethyl adjacent to an activating group) is 1. The van der Waals surface area contributed by atoms with Gasteiger partial charge in [-0.2, -0.15) is 5.26 Å². The maximum atomic E-state index is 8.60. The van der Waals surface area contributed by atoms with Crippen LogP contribution in [0.15, 0.2) is 0 Å². The Balaban J connectivity index is 2.45. The molecule has 1 rings (SSSR count). The number of rotatable bonds is 0. The van der Waals surface area contributed by atoms with Gasteiger partial charge in [-0.25, -0.2) is 0 Å². The van der Waals surface area contributed by atoms with Crippen molar-refractivity contribution in [3.63, 3.8) is 0 Å². The summed E-state index contributed by atoms with van der Waals surface area (Å²) < 4.78 is 0. The van der Waals surface area contributed by atoms with Crippen molar-refractivity contribution in [2.75, 3.05) is 20.1 Å². The zero-order valence-electron chi connectivity index (χ0n) is 6.25. The summed E-state index contributed by atoms with van der Waals surface area (Å²) in [7, 11) is 2.04. The van der Waals surface area contributed by atoms with E-state index in [1.165, 1.54) is 0 Å². The lowest BCUT2D eigenvalue weighted by atomic mass is 9.94. The lowest BCUT2D eigenvalue weighted by molar-refractivity contribution is 0.219. The highest BCUT2D eigenvalue weighted by molar-refractivity contribution is 4.94. The van der Waals surface area contributed by atoms with Crippen molar-refractivity contribution in [3.05, 3.63) is 0 Å². The molecule has 1 fully saturated rings. The Morgan fingerprint density at radius 2 is 2.40 bits per heavy atom. The predicted molar refractivity (Wildman–Crippen MR) is 39.2 cm³/mol. The van der Waals surface area contributed by atoms with Crippen LogP contribution in [0, 0.1) is 17.2 Å². The highest BCUT2D eigenvalue weighted by Crippen LogP contribution is 2.13. The number of likely N-dealkylation sites (tertiary alicyclic amines) is 1. The molecule has 1 aliphatic heterocycles. The van der Waals surface area contributed by atoms with Crippen LogP contribution >= 0.6 is 0 Å². The normalized spacial score (nSPS) is 35.3. The molecular weight excluding hydrogens is 126 g/mol. The summed E-state index contributed by atoms with van der Waals surface area (Å²) in [6.45, 7) is 1.87. The zero-order chi connectivity index (χ0) is 7.56. The predicted octanol–water partition coefficient (Wildman–Crippen LogP) is -0.211. The number of nitriles is 1. The molecule has 3 heteroatoms. The Bertz CT molecular complexity index is 149. The Morgan fingerprint density at radius 3 is 2.90 bits per heavy atom. The third-order valence-corrected chi connectivity index (χ3v) is 2.03. The lowest BCUT2D eigenvalue weighted by Crippen LogP contribution is -2.46. The van der Waals surface area contributed by atoms with E-state index in [1.54, 1.807) is 0 Å². The second kappa shape index (κ2) is 3.00. The molecule has 0 aromatic heterocycles. The molecule has 1 heterocycles. The van der Waals surface area contributed by atoms with Crippen molar-refractivity contribution in [3.8, 4) is 6.07 Å². The van der Waals surface area contributed by atoms with Gasteiger partial charge >= 0.3 is 0 Å². The van der Waals surface area contributed by atoms with Crippen molar-refractivity contribution < 1.29 is 0 Å². The Morgan fingerprint density at radius 1 is 1.70 bits per heavy atom. The van der Waals surface area contributed by atoms with Crippen molar-refractivity contribution in [2.45, 2.75) is 12.5 Å². The fourth-order valence-corrected chi connectivity index (χ4v) is 1.31. The number of nitrogens with two attached hydrogens (primary N) is 1. The summed E-state index contributed by atoms with van der Waals surface area (Å²) in [4.78, 5) is 2.17. The summed E-state index contributed by atoms with van der Waals surface area (Å²) in [5.74, 6) is 0.0798. The average Bonchev–Trinajstić information content (AvgIpc) is 1.88. The van der Waals surface area contributed by atoms with Crippen molar-refractivity contribution in [2.24, 2.45) is 11.7 Å². The Hall–Kier alpha value is -0.590. The fourth-order valence-electron chi connectivity index (χ4n) is 1.31. The van der Waals surface area contributed by atoms with E-state index in [1.807, 2.05) is 7.05 Å². The van der Waals surface area contributed by atoms with Crippen LogP contribution in [0.3, 0.4) is 0 Å². The molecule has 1 aliphatic rings. The highest BCUT2D eigenvalue weighted by Gasteiger charge is 2.23. The SMILES string of the molecule is CN1CC[C@H](C#N)[C@@H](N)C1. The van der Waals surface area contributed by atoms with E-state index in [4.69, 9.17) is 11.0 Å². The second-order valence-corrected chi connectivity index (χ2v) is 2.95. The van der Waals surface area contributed by atoms with Crippen LogP contribution in [0.4, 0.5) is 0 Å². The molecule has 0 amide bonds. The van der Waals surface area contributed by atoms with E-state index in [9.17, 15) is 0 Å². The van der Waals surface area contributed by atoms with E-state index in [2.05, 4.69) is 11.0 Å². The smallest absolute Gasteiger partial charge is 0.0673 e. The standard InChI is InChI=1S/C7H13N3/c1-10-3-2-6(4-8)7(9)5-10/h6-7H,2-3,5,9H2,1H3/t6-,7+/m1/s1. The molecule has 0 radical (unpaired) electrons. The molecule has 0 aromatic rings. The van der Waals surface area contributed by atoms with E-state index in [0.29, 0.717) is 0 Å². The average molecular weight is 139 g/mol. The van der Waals surface area contributed by atoms with Crippen LogP contribution in [-0.4, -0.2) is 31.1 Å². The van der Waals surface area contributed by atoms with Crippen LogP contribution in [0.25, 0.3) is 0 Å². The molecule has 10 heavy (non-hydrogen) atoms. The van der Waals surface area contributed by atoms with E-state index < -0.39 is 0 Å². The van der Waals surface area contributed by atoms with E-state index in [-0.39, 0.29) is 12.0 Å². The van der Waals surface area contributed by atoms with Gasteiger partial charge in [0.15, 0.2) is 0 Å². The number of piperidine rings is 1. The van der Waals surface area contributed by atoms with Gasteiger partial charge < -0.3 is 10.6 Å². The molecule has 0 saturated carbocycles. The zero-order valence-corrected chi connectivity index (χ0v) is 6.25. The molecule has 0 unspecified atom stereocenters. The summed E-state index contributed by atoms with van der Waals surface area (Å²) in [6, 6.07) is 2.28. The van der Waals surface area contributed by atoms with E-state index in [0.717, 1.165) is 19.5 Å². The molecule has 0 aromatic carbocycles. The fraction of sp³-hybridized carbons (Fsp3) is 0.857. The number of hydrogen-bond donors (Lipinski definition) is 1. The molecule has 2 atom stereocenters. The maximum Gasteiger partial charge on any atom is 0.0673 e. The quantitative estimate of drug-likeness (QED) is 0.505. The van der Waals surface area contributed by atoms with Crippen LogP contribution < -0.4 is 5.73 Å². The molecule has 2 N–H and O–H groups in total. The molecule has 56 valence electrons. The second-order valence-electron chi connectivity index (χ2n) is 2.95. The molecule has 3 nitrogen and oxygen atoms in total. The summed E-state index contributed by atoms with van der Waals surface area (Å²) in [6.07, 6.45) is 0.925. The monoisotopic (exact) mass is 139 g/mol. The van der Waals surface area contributed by atoms with Crippen molar-refractivity contribution in [1.29, 1.82) is 5.26 Å². The van der Waals surface area contributed by atoms with Crippen LogP contribution in [0.2, 0.25) is 0 Å². The van der Waals surface area contributed by atoms with Gasteiger partial charge in [0.1, 0.15) is 0 Å². The highest BCUT2D eigenvalue weighted by atomic mass is 15.1. The van der Waals surface area contributed by atoms with E-state index >= 15 is 0 Å². The number of hydrogen-bond acceptors (Lipinski definition) is 3. The summed E-state index contributed by atoms with van der Waals surface area (Å²) >= 11 is 0. The topological polar surface area (TPSA) is 53.0 Å². The van der Waals surface area contributed by atoms with Crippen LogP contribution in [-0.2, 0) is 0 Å². The lowest BCUT2D eigenvalue weighted by Gasteiger charge is -2.30. The van der Waals surface area contributed by atoms with Crippen molar-refractivity contribution in [1.82, 2.24) is 4.90 Å². The Labute approximate surface area is 61.4 Å². The first-order valence-corrected chi connectivity index (χ1v) is 3.58. The van der Waals surface area contributed by atoms with Gasteiger partial charge in [0, 0.05) is 12.6 Å². The number of nitrogens with zero attached hydrogens (tertiary/aromatic N) is 2. The van der Waals surface area contributed by atoms with Gasteiger partial charge in [-0.1, -0.05) is 0 Å². The third kappa shape index (κ3) is 1.47. The van der Waals surface area contributed by atoms with Gasteiger partial charge in [0.05, 0.1) is 12.0 Å². The third-order valence-electron chi connectivity index (χ3n) is 2.03. The van der Waals surface area contributed by atoms with Gasteiger partial charge in [-0.15, -0.1) is 0 Å². The first kappa shape index (κ1) is 7.52. The van der Waals surface area contributed by atoms with Crippen LogP contribution in [0.1, 0.15) is 6.42 Å². The van der Waals surface area contributed by atoms with Gasteiger partial charge in [0.2, 0.25) is 0 Å². The molecule has 0 spiro atoms. The Kier molecular flexibility index (Phi) is 2.25. The minimum absolute atomic E-state index is 0.0590. The molecule has 0 aliphatic carbocycles. The molecule has 1 saturated heterocycles. The first-order chi connectivity index (χ1) is 4.74. The van der Waals surface area contributed by atoms with Crippen LogP contribution in [0.5, 0.6) is 0 Å². The minimum atomic E-state index is 0.0590. The largest absolute Gasteiger partial charge is 0.325 e. The molecular formula is C7H13N3. The maximum absolute atomic E-state index is 8.60. The first-order valence-electron chi connectivity index (χ1n) is 3.58. The summed E-state index contributed by atoms with van der Waals surface area (Å²) in [5.41, 5.74) is 5.72. The summed E-state index contributed by atoms with van der Waals surface area (Å²) in [5, 5.41) is 8.60. The van der Waals surface area contributed by atoms with Gasteiger partial charge in [0.25, 0.3) is 0 Å². The van der Waals surface area contributed by atoms with Gasteiger partial charge in [-0.05, 0) is 20.0 Å². The minimum Gasteiger partial charge on any atom is -0.325 e. The van der Waals surface area contributed by atoms with Crippen molar-refractivity contribution >= 4 is 0 Å².